The maximum absolute atomic E-state index is 12.3. The number of rotatable bonds is 3. The Balaban J connectivity index is 2.38. The number of hydrogen-bond acceptors (Lipinski definition) is 2. The highest BCUT2D eigenvalue weighted by atomic mass is 79.9. The Bertz CT molecular complexity index is 200. The summed E-state index contributed by atoms with van der Waals surface area (Å²) in [5.41, 5.74) is 0. The van der Waals surface area contributed by atoms with Crippen LogP contribution in [0.15, 0.2) is 0 Å². The first-order valence-corrected chi connectivity index (χ1v) is 5.81. The van der Waals surface area contributed by atoms with E-state index in [0.29, 0.717) is 6.54 Å². The summed E-state index contributed by atoms with van der Waals surface area (Å²) in [7, 11) is 1.60. The van der Waals surface area contributed by atoms with Crippen molar-refractivity contribution in [2.75, 3.05) is 26.7 Å². The highest BCUT2D eigenvalue weighted by molar-refractivity contribution is 9.09. The highest BCUT2D eigenvalue weighted by Crippen LogP contribution is 2.27. The number of alkyl halides is 4. The number of hydrogen-bond donors (Lipinski definition) is 0. The van der Waals surface area contributed by atoms with Gasteiger partial charge in [-0.1, -0.05) is 15.9 Å². The Morgan fingerprint density at radius 1 is 1.53 bits per heavy atom. The second-order valence-electron chi connectivity index (χ2n) is 3.77. The zero-order valence-electron chi connectivity index (χ0n) is 8.56. The molecule has 0 radical (unpaired) electrons. The summed E-state index contributed by atoms with van der Waals surface area (Å²) in [6.45, 7) is 1.32. The fourth-order valence-electron chi connectivity index (χ4n) is 1.70. The minimum Gasteiger partial charge on any atom is -0.380 e. The lowest BCUT2D eigenvalue weighted by molar-refractivity contribution is -0.132. The minimum absolute atomic E-state index is 0.00333. The summed E-state index contributed by atoms with van der Waals surface area (Å²) in [5, 5.41) is 0. The summed E-state index contributed by atoms with van der Waals surface area (Å²) in [4.78, 5) is 0.352. The van der Waals surface area contributed by atoms with Crippen molar-refractivity contribution < 1.29 is 17.9 Å². The van der Waals surface area contributed by atoms with E-state index in [2.05, 4.69) is 15.9 Å². The Hall–Kier alpha value is 0.190. The SMILES string of the molecule is COC1CCCN(CC(Br)C(F)(F)F)C1. The van der Waals surface area contributed by atoms with E-state index in [1.165, 1.54) is 0 Å². The third-order valence-electron chi connectivity index (χ3n) is 2.57. The van der Waals surface area contributed by atoms with Gasteiger partial charge in [0, 0.05) is 20.2 Å². The molecule has 0 aliphatic carbocycles. The largest absolute Gasteiger partial charge is 0.402 e. The van der Waals surface area contributed by atoms with Crippen LogP contribution in [0.2, 0.25) is 0 Å². The summed E-state index contributed by atoms with van der Waals surface area (Å²) >= 11 is 2.67. The van der Waals surface area contributed by atoms with Gasteiger partial charge in [0.05, 0.1) is 6.10 Å². The molecule has 2 unspecified atom stereocenters. The highest BCUT2D eigenvalue weighted by Gasteiger charge is 2.39. The lowest BCUT2D eigenvalue weighted by atomic mass is 10.1. The number of piperidine rings is 1. The Labute approximate surface area is 95.9 Å². The quantitative estimate of drug-likeness (QED) is 0.740. The van der Waals surface area contributed by atoms with Crippen molar-refractivity contribution in [1.82, 2.24) is 4.90 Å². The maximum Gasteiger partial charge on any atom is 0.402 e. The lowest BCUT2D eigenvalue weighted by Crippen LogP contribution is -2.44. The van der Waals surface area contributed by atoms with E-state index in [-0.39, 0.29) is 12.6 Å². The van der Waals surface area contributed by atoms with Crippen LogP contribution in [0, 0.1) is 0 Å². The number of likely N-dealkylation sites (tertiary alicyclic amines) is 1. The van der Waals surface area contributed by atoms with E-state index >= 15 is 0 Å². The topological polar surface area (TPSA) is 12.5 Å². The molecule has 1 saturated heterocycles. The molecule has 15 heavy (non-hydrogen) atoms. The molecule has 0 N–H and O–H groups in total. The van der Waals surface area contributed by atoms with Crippen LogP contribution in [0.3, 0.4) is 0 Å². The minimum atomic E-state index is -4.17. The molecular weight excluding hydrogens is 275 g/mol. The standard InChI is InChI=1S/C9H15BrF3NO/c1-15-7-3-2-4-14(5-7)6-8(10)9(11,12)13/h7-8H,2-6H2,1H3. The third-order valence-corrected chi connectivity index (χ3v) is 3.38. The normalized spacial score (nSPS) is 26.6. The monoisotopic (exact) mass is 289 g/mol. The second-order valence-corrected chi connectivity index (χ2v) is 4.87. The van der Waals surface area contributed by atoms with E-state index in [0.717, 1.165) is 19.4 Å². The molecule has 0 aromatic rings. The van der Waals surface area contributed by atoms with Gasteiger partial charge in [0.2, 0.25) is 0 Å². The molecule has 1 aliphatic heterocycles. The van der Waals surface area contributed by atoms with Gasteiger partial charge in [-0.15, -0.1) is 0 Å². The van der Waals surface area contributed by atoms with Crippen LogP contribution in [-0.2, 0) is 4.74 Å². The predicted molar refractivity (Wildman–Crippen MR) is 55.2 cm³/mol. The average molecular weight is 290 g/mol. The van der Waals surface area contributed by atoms with Gasteiger partial charge in [-0.2, -0.15) is 13.2 Å². The summed E-state index contributed by atoms with van der Waals surface area (Å²) < 4.78 is 42.0. The van der Waals surface area contributed by atoms with Crippen LogP contribution >= 0.6 is 15.9 Å². The van der Waals surface area contributed by atoms with Gasteiger partial charge in [0.15, 0.2) is 0 Å². The van der Waals surface area contributed by atoms with Gasteiger partial charge in [-0.25, -0.2) is 0 Å². The van der Waals surface area contributed by atoms with Crippen molar-refractivity contribution in [1.29, 1.82) is 0 Å². The van der Waals surface area contributed by atoms with Crippen LogP contribution in [0.25, 0.3) is 0 Å². The van der Waals surface area contributed by atoms with Crippen molar-refractivity contribution in [3.8, 4) is 0 Å². The molecule has 6 heteroatoms. The van der Waals surface area contributed by atoms with Gasteiger partial charge in [0.25, 0.3) is 0 Å². The van der Waals surface area contributed by atoms with E-state index in [9.17, 15) is 13.2 Å². The molecule has 1 heterocycles. The smallest absolute Gasteiger partial charge is 0.380 e. The molecule has 0 bridgehead atoms. The molecule has 1 fully saturated rings. The van der Waals surface area contributed by atoms with E-state index in [1.807, 2.05) is 0 Å². The molecule has 90 valence electrons. The molecule has 2 nitrogen and oxygen atoms in total. The van der Waals surface area contributed by atoms with Crippen molar-refractivity contribution >= 4 is 15.9 Å². The van der Waals surface area contributed by atoms with E-state index in [4.69, 9.17) is 4.74 Å². The first-order valence-electron chi connectivity index (χ1n) is 4.89. The summed E-state index contributed by atoms with van der Waals surface area (Å²) in [6, 6.07) is 0. The molecule has 1 aliphatic rings. The number of halogens is 4. The summed E-state index contributed by atoms with van der Waals surface area (Å²) in [6.07, 6.45) is -2.26. The number of nitrogens with zero attached hydrogens (tertiary/aromatic N) is 1. The zero-order chi connectivity index (χ0) is 11.5. The van der Waals surface area contributed by atoms with Crippen molar-refractivity contribution in [2.24, 2.45) is 0 Å². The zero-order valence-corrected chi connectivity index (χ0v) is 10.1. The molecule has 0 spiro atoms. The first kappa shape index (κ1) is 13.3. The van der Waals surface area contributed by atoms with Gasteiger partial charge >= 0.3 is 6.18 Å². The predicted octanol–water partition coefficient (Wildman–Crippen LogP) is 2.42. The van der Waals surface area contributed by atoms with E-state index < -0.39 is 11.0 Å². The number of methoxy groups -OCH3 is 1. The van der Waals surface area contributed by atoms with Crippen molar-refractivity contribution in [3.63, 3.8) is 0 Å². The van der Waals surface area contributed by atoms with Crippen LogP contribution in [0.5, 0.6) is 0 Å². The number of ether oxygens (including phenoxy) is 1. The summed E-state index contributed by atoms with van der Waals surface area (Å²) in [5.74, 6) is 0. The van der Waals surface area contributed by atoms with Crippen LogP contribution in [0.4, 0.5) is 13.2 Å². The van der Waals surface area contributed by atoms with E-state index in [1.54, 1.807) is 12.0 Å². The van der Waals surface area contributed by atoms with Crippen LogP contribution in [0.1, 0.15) is 12.8 Å². The Morgan fingerprint density at radius 2 is 2.20 bits per heavy atom. The van der Waals surface area contributed by atoms with Gasteiger partial charge in [0.1, 0.15) is 4.83 Å². The molecule has 0 aromatic carbocycles. The third kappa shape index (κ3) is 4.28. The lowest BCUT2D eigenvalue weighted by Gasteiger charge is -2.33. The fourth-order valence-corrected chi connectivity index (χ4v) is 2.11. The molecule has 2 atom stereocenters. The molecule has 0 saturated carbocycles. The molecule has 0 aromatic heterocycles. The van der Waals surface area contributed by atoms with Crippen molar-refractivity contribution in [2.45, 2.75) is 29.9 Å². The molecule has 1 rings (SSSR count). The van der Waals surface area contributed by atoms with Gasteiger partial charge in [-0.3, -0.25) is 4.90 Å². The molecular formula is C9H15BrF3NO. The first-order chi connectivity index (χ1) is 6.93. The average Bonchev–Trinajstić information content (AvgIpc) is 2.16. The Kier molecular flexibility index (Phi) is 4.86. The second kappa shape index (κ2) is 5.50. The van der Waals surface area contributed by atoms with Crippen LogP contribution < -0.4 is 0 Å². The van der Waals surface area contributed by atoms with Crippen LogP contribution in [-0.4, -0.2) is 48.8 Å². The Morgan fingerprint density at radius 3 is 2.73 bits per heavy atom. The van der Waals surface area contributed by atoms with Gasteiger partial charge < -0.3 is 4.74 Å². The van der Waals surface area contributed by atoms with Crippen molar-refractivity contribution in [3.05, 3.63) is 0 Å². The fraction of sp³-hybridized carbons (Fsp3) is 1.00. The maximum atomic E-state index is 12.3. The van der Waals surface area contributed by atoms with Gasteiger partial charge in [-0.05, 0) is 19.4 Å². The molecule has 0 amide bonds.